The highest BCUT2D eigenvalue weighted by molar-refractivity contribution is 5.74. The fraction of sp³-hybridized carbons (Fsp3) is 0.867. The first-order chi connectivity index (χ1) is 9.83. The molecule has 1 saturated carbocycles. The standard InChI is InChI=1S/C15H29N3O3/c1-5-18(9-14(19)20)13-6-12(7-13)17-15(21)16-8-11(4)10(2)3/h10-13H,5-9H2,1-4H3,(H,19,20)(H2,16,17,21). The summed E-state index contributed by atoms with van der Waals surface area (Å²) in [6, 6.07) is 0.311. The molecule has 0 aliphatic heterocycles. The van der Waals surface area contributed by atoms with Gasteiger partial charge in [0.25, 0.3) is 0 Å². The monoisotopic (exact) mass is 299 g/mol. The molecule has 0 spiro atoms. The predicted octanol–water partition coefficient (Wildman–Crippen LogP) is 1.52. The molecule has 6 heteroatoms. The van der Waals surface area contributed by atoms with Crippen molar-refractivity contribution in [2.24, 2.45) is 11.8 Å². The predicted molar refractivity (Wildman–Crippen MR) is 82.2 cm³/mol. The lowest BCUT2D eigenvalue weighted by atomic mass is 9.85. The van der Waals surface area contributed by atoms with Gasteiger partial charge in [-0.25, -0.2) is 4.79 Å². The van der Waals surface area contributed by atoms with Crippen molar-refractivity contribution in [3.05, 3.63) is 0 Å². The molecule has 2 amide bonds. The summed E-state index contributed by atoms with van der Waals surface area (Å²) in [5, 5.41) is 14.7. The highest BCUT2D eigenvalue weighted by Crippen LogP contribution is 2.25. The second kappa shape index (κ2) is 8.22. The summed E-state index contributed by atoms with van der Waals surface area (Å²) in [5.74, 6) is 0.206. The average molecular weight is 299 g/mol. The molecule has 3 N–H and O–H groups in total. The van der Waals surface area contributed by atoms with Gasteiger partial charge in [0, 0.05) is 18.6 Å². The Morgan fingerprint density at radius 1 is 1.29 bits per heavy atom. The molecule has 1 atom stereocenters. The molecular formula is C15H29N3O3. The third-order valence-electron chi connectivity index (χ3n) is 4.43. The number of aliphatic carboxylic acids is 1. The maximum Gasteiger partial charge on any atom is 0.317 e. The quantitative estimate of drug-likeness (QED) is 0.634. The lowest BCUT2D eigenvalue weighted by Crippen LogP contribution is -2.56. The maximum atomic E-state index is 11.8. The second-order valence-electron chi connectivity index (χ2n) is 6.35. The first-order valence-electron chi connectivity index (χ1n) is 7.83. The van der Waals surface area contributed by atoms with Crippen LogP contribution < -0.4 is 10.6 Å². The summed E-state index contributed by atoms with van der Waals surface area (Å²) in [6.07, 6.45) is 1.66. The number of nitrogens with one attached hydrogen (secondary N) is 2. The molecule has 0 aromatic carbocycles. The molecule has 1 aliphatic rings. The minimum Gasteiger partial charge on any atom is -0.480 e. The van der Waals surface area contributed by atoms with Crippen molar-refractivity contribution in [2.45, 2.75) is 52.6 Å². The number of urea groups is 1. The Morgan fingerprint density at radius 3 is 2.38 bits per heavy atom. The average Bonchev–Trinajstić information content (AvgIpc) is 2.36. The van der Waals surface area contributed by atoms with Crippen molar-refractivity contribution in [3.63, 3.8) is 0 Å². The fourth-order valence-electron chi connectivity index (χ4n) is 2.40. The zero-order valence-electron chi connectivity index (χ0n) is 13.6. The van der Waals surface area contributed by atoms with E-state index < -0.39 is 5.97 Å². The lowest BCUT2D eigenvalue weighted by Gasteiger charge is -2.42. The van der Waals surface area contributed by atoms with E-state index in [0.717, 1.165) is 19.4 Å². The van der Waals surface area contributed by atoms with Crippen LogP contribution in [-0.2, 0) is 4.79 Å². The van der Waals surface area contributed by atoms with E-state index in [1.807, 2.05) is 11.8 Å². The Hall–Kier alpha value is -1.30. The lowest BCUT2D eigenvalue weighted by molar-refractivity contribution is -0.139. The number of carboxylic acids is 1. The highest BCUT2D eigenvalue weighted by atomic mass is 16.4. The van der Waals surface area contributed by atoms with Gasteiger partial charge in [0.1, 0.15) is 0 Å². The SMILES string of the molecule is CCN(CC(=O)O)C1CC(NC(=O)NCC(C)C(C)C)C1. The van der Waals surface area contributed by atoms with E-state index in [1.54, 1.807) is 0 Å². The van der Waals surface area contributed by atoms with Crippen LogP contribution in [0.2, 0.25) is 0 Å². The van der Waals surface area contributed by atoms with Crippen LogP contribution in [0.25, 0.3) is 0 Å². The van der Waals surface area contributed by atoms with Crippen molar-refractivity contribution >= 4 is 12.0 Å². The molecule has 0 aromatic heterocycles. The summed E-state index contributed by atoms with van der Waals surface area (Å²) in [6.45, 7) is 9.84. The molecule has 6 nitrogen and oxygen atoms in total. The first-order valence-corrected chi connectivity index (χ1v) is 7.83. The van der Waals surface area contributed by atoms with Crippen LogP contribution in [0.4, 0.5) is 4.79 Å². The van der Waals surface area contributed by atoms with E-state index in [9.17, 15) is 9.59 Å². The van der Waals surface area contributed by atoms with Gasteiger partial charge in [-0.05, 0) is 31.2 Å². The summed E-state index contributed by atoms with van der Waals surface area (Å²) in [7, 11) is 0. The number of carbonyl (C=O) groups is 2. The summed E-state index contributed by atoms with van der Waals surface area (Å²) in [4.78, 5) is 24.5. The largest absolute Gasteiger partial charge is 0.480 e. The number of carbonyl (C=O) groups excluding carboxylic acids is 1. The van der Waals surface area contributed by atoms with E-state index in [4.69, 9.17) is 5.11 Å². The smallest absolute Gasteiger partial charge is 0.317 e. The van der Waals surface area contributed by atoms with Crippen LogP contribution in [0.15, 0.2) is 0 Å². The van der Waals surface area contributed by atoms with E-state index >= 15 is 0 Å². The van der Waals surface area contributed by atoms with Crippen LogP contribution in [-0.4, -0.2) is 53.7 Å². The zero-order valence-corrected chi connectivity index (χ0v) is 13.6. The summed E-state index contributed by atoms with van der Waals surface area (Å²) in [5.41, 5.74) is 0. The van der Waals surface area contributed by atoms with Crippen LogP contribution in [0.1, 0.15) is 40.5 Å². The highest BCUT2D eigenvalue weighted by Gasteiger charge is 2.34. The van der Waals surface area contributed by atoms with Crippen molar-refractivity contribution < 1.29 is 14.7 Å². The molecule has 1 unspecified atom stereocenters. The molecule has 0 bridgehead atoms. The number of hydrogen-bond donors (Lipinski definition) is 3. The van der Waals surface area contributed by atoms with Crippen molar-refractivity contribution in [2.75, 3.05) is 19.6 Å². The molecule has 0 radical (unpaired) electrons. The van der Waals surface area contributed by atoms with Crippen molar-refractivity contribution in [3.8, 4) is 0 Å². The van der Waals surface area contributed by atoms with Gasteiger partial charge in [-0.2, -0.15) is 0 Å². The van der Waals surface area contributed by atoms with Crippen LogP contribution in [0, 0.1) is 11.8 Å². The molecule has 1 aliphatic carbocycles. The molecule has 1 fully saturated rings. The number of carboxylic acid groups (broad SMARTS) is 1. The number of nitrogens with zero attached hydrogens (tertiary/aromatic N) is 1. The number of rotatable bonds is 8. The Morgan fingerprint density at radius 2 is 1.90 bits per heavy atom. The third-order valence-corrected chi connectivity index (χ3v) is 4.43. The topological polar surface area (TPSA) is 81.7 Å². The van der Waals surface area contributed by atoms with Crippen molar-refractivity contribution in [1.82, 2.24) is 15.5 Å². The third kappa shape index (κ3) is 5.91. The van der Waals surface area contributed by atoms with Gasteiger partial charge in [-0.15, -0.1) is 0 Å². The fourth-order valence-corrected chi connectivity index (χ4v) is 2.40. The summed E-state index contributed by atoms with van der Waals surface area (Å²) >= 11 is 0. The molecular weight excluding hydrogens is 270 g/mol. The van der Waals surface area contributed by atoms with Gasteiger partial charge in [-0.3, -0.25) is 9.69 Å². The number of hydrogen-bond acceptors (Lipinski definition) is 3. The van der Waals surface area contributed by atoms with Gasteiger partial charge in [0.05, 0.1) is 6.54 Å². The molecule has 0 heterocycles. The minimum atomic E-state index is -0.798. The number of likely N-dealkylation sites (N-methyl/N-ethyl adjacent to an activating group) is 1. The number of amides is 2. The molecule has 21 heavy (non-hydrogen) atoms. The second-order valence-corrected chi connectivity index (χ2v) is 6.35. The van der Waals surface area contributed by atoms with Gasteiger partial charge < -0.3 is 15.7 Å². The van der Waals surface area contributed by atoms with Crippen LogP contribution >= 0.6 is 0 Å². The zero-order chi connectivity index (χ0) is 16.0. The Kier molecular flexibility index (Phi) is 6.95. The van der Waals surface area contributed by atoms with Gasteiger partial charge in [-0.1, -0.05) is 27.7 Å². The Labute approximate surface area is 127 Å². The normalized spacial score (nSPS) is 22.8. The van der Waals surface area contributed by atoms with E-state index in [0.29, 0.717) is 18.4 Å². The van der Waals surface area contributed by atoms with Gasteiger partial charge in [0.2, 0.25) is 0 Å². The van der Waals surface area contributed by atoms with Crippen LogP contribution in [0.3, 0.4) is 0 Å². The van der Waals surface area contributed by atoms with E-state index in [2.05, 4.69) is 31.4 Å². The van der Waals surface area contributed by atoms with Crippen LogP contribution in [0.5, 0.6) is 0 Å². The van der Waals surface area contributed by atoms with E-state index in [1.165, 1.54) is 0 Å². The first kappa shape index (κ1) is 17.8. The molecule has 0 aromatic rings. The van der Waals surface area contributed by atoms with Gasteiger partial charge >= 0.3 is 12.0 Å². The van der Waals surface area contributed by atoms with Crippen molar-refractivity contribution in [1.29, 1.82) is 0 Å². The molecule has 122 valence electrons. The Bertz CT molecular complexity index is 354. The Balaban J connectivity index is 2.22. The van der Waals surface area contributed by atoms with E-state index in [-0.39, 0.29) is 24.7 Å². The molecule has 0 saturated heterocycles. The maximum absolute atomic E-state index is 11.8. The minimum absolute atomic E-state index is 0.0754. The molecule has 1 rings (SSSR count). The van der Waals surface area contributed by atoms with Gasteiger partial charge in [0.15, 0.2) is 0 Å². The summed E-state index contributed by atoms with van der Waals surface area (Å²) < 4.78 is 0.